The standard InChI is InChI=1S/C9H8F3S/c1-6-4-3-5-7(13-2)8(6)9(10,11)12/h3-5H,1H2,2H3. The van der Waals surface area contributed by atoms with E-state index in [9.17, 15) is 13.2 Å². The van der Waals surface area contributed by atoms with Crippen LogP contribution in [-0.4, -0.2) is 6.26 Å². The van der Waals surface area contributed by atoms with Crippen molar-refractivity contribution in [2.75, 3.05) is 6.26 Å². The van der Waals surface area contributed by atoms with Gasteiger partial charge in [-0.3, -0.25) is 0 Å². The number of alkyl halides is 3. The van der Waals surface area contributed by atoms with E-state index >= 15 is 0 Å². The molecule has 0 fully saturated rings. The van der Waals surface area contributed by atoms with Crippen LogP contribution in [0.3, 0.4) is 0 Å². The van der Waals surface area contributed by atoms with Gasteiger partial charge in [-0.25, -0.2) is 0 Å². The van der Waals surface area contributed by atoms with Crippen molar-refractivity contribution in [2.45, 2.75) is 11.1 Å². The maximum atomic E-state index is 12.4. The van der Waals surface area contributed by atoms with Gasteiger partial charge in [0.2, 0.25) is 0 Å². The van der Waals surface area contributed by atoms with Crippen LogP contribution in [0.4, 0.5) is 13.2 Å². The van der Waals surface area contributed by atoms with Crippen LogP contribution in [0.25, 0.3) is 0 Å². The first-order valence-electron chi connectivity index (χ1n) is 3.53. The molecule has 0 nitrogen and oxygen atoms in total. The zero-order valence-electron chi connectivity index (χ0n) is 6.98. The molecular weight excluding hydrogens is 197 g/mol. The zero-order chi connectivity index (χ0) is 10.1. The summed E-state index contributed by atoms with van der Waals surface area (Å²) in [6, 6.07) is 4.38. The van der Waals surface area contributed by atoms with Crippen molar-refractivity contribution in [3.63, 3.8) is 0 Å². The fourth-order valence-electron chi connectivity index (χ4n) is 1.07. The van der Waals surface area contributed by atoms with E-state index in [0.29, 0.717) is 0 Å². The van der Waals surface area contributed by atoms with Crippen LogP contribution in [-0.2, 0) is 6.18 Å². The van der Waals surface area contributed by atoms with E-state index in [1.807, 2.05) is 0 Å². The summed E-state index contributed by atoms with van der Waals surface area (Å²) in [5, 5.41) is 0. The van der Waals surface area contributed by atoms with Gasteiger partial charge in [-0.2, -0.15) is 13.2 Å². The van der Waals surface area contributed by atoms with Crippen molar-refractivity contribution < 1.29 is 13.2 Å². The van der Waals surface area contributed by atoms with E-state index in [0.717, 1.165) is 11.8 Å². The molecule has 1 aromatic rings. The SMILES string of the molecule is [CH2]c1cccc(SC)c1C(F)(F)F. The summed E-state index contributed by atoms with van der Waals surface area (Å²) in [6.45, 7) is 3.36. The highest BCUT2D eigenvalue weighted by Crippen LogP contribution is 2.37. The molecule has 0 saturated carbocycles. The van der Waals surface area contributed by atoms with E-state index in [-0.39, 0.29) is 10.5 Å². The fraction of sp³-hybridized carbons (Fsp3) is 0.222. The molecule has 0 aliphatic heterocycles. The summed E-state index contributed by atoms with van der Waals surface area (Å²) < 4.78 is 37.3. The maximum absolute atomic E-state index is 12.4. The van der Waals surface area contributed by atoms with Crippen LogP contribution in [0.2, 0.25) is 0 Å². The van der Waals surface area contributed by atoms with Gasteiger partial charge in [-0.15, -0.1) is 11.8 Å². The minimum atomic E-state index is -4.31. The number of rotatable bonds is 1. The maximum Gasteiger partial charge on any atom is 0.417 e. The molecule has 0 heterocycles. The second-order valence-corrected chi connectivity index (χ2v) is 3.34. The quantitative estimate of drug-likeness (QED) is 0.631. The van der Waals surface area contributed by atoms with Gasteiger partial charge in [0.15, 0.2) is 0 Å². The number of hydrogen-bond donors (Lipinski definition) is 0. The van der Waals surface area contributed by atoms with Crippen LogP contribution in [0, 0.1) is 6.92 Å². The van der Waals surface area contributed by atoms with Crippen molar-refractivity contribution in [3.05, 3.63) is 36.2 Å². The molecule has 1 rings (SSSR count). The molecule has 0 aliphatic rings. The van der Waals surface area contributed by atoms with Gasteiger partial charge >= 0.3 is 6.18 Å². The van der Waals surface area contributed by atoms with E-state index in [2.05, 4.69) is 6.92 Å². The third-order valence-corrected chi connectivity index (χ3v) is 2.40. The Morgan fingerprint density at radius 1 is 1.31 bits per heavy atom. The van der Waals surface area contributed by atoms with Gasteiger partial charge in [0.05, 0.1) is 5.56 Å². The largest absolute Gasteiger partial charge is 0.417 e. The molecule has 0 aromatic heterocycles. The number of benzene rings is 1. The number of halogens is 3. The predicted molar refractivity (Wildman–Crippen MR) is 47.7 cm³/mol. The summed E-state index contributed by atoms with van der Waals surface area (Å²) in [6.07, 6.45) is -2.69. The molecule has 1 aromatic carbocycles. The van der Waals surface area contributed by atoms with E-state index in [4.69, 9.17) is 0 Å². The Hall–Kier alpha value is -0.640. The molecule has 0 amide bonds. The van der Waals surface area contributed by atoms with Crippen molar-refractivity contribution in [3.8, 4) is 0 Å². The predicted octanol–water partition coefficient (Wildman–Crippen LogP) is 3.61. The van der Waals surface area contributed by atoms with Gasteiger partial charge < -0.3 is 0 Å². The number of thioether (sulfide) groups is 1. The molecule has 1 radical (unpaired) electrons. The Morgan fingerprint density at radius 2 is 1.92 bits per heavy atom. The zero-order valence-corrected chi connectivity index (χ0v) is 7.80. The van der Waals surface area contributed by atoms with Crippen molar-refractivity contribution in [1.29, 1.82) is 0 Å². The molecule has 0 bridgehead atoms. The highest BCUT2D eigenvalue weighted by Gasteiger charge is 2.34. The van der Waals surface area contributed by atoms with Crippen LogP contribution >= 0.6 is 11.8 Å². The molecule has 0 spiro atoms. The fourth-order valence-corrected chi connectivity index (χ4v) is 1.73. The molecule has 71 valence electrons. The Kier molecular flexibility index (Phi) is 2.91. The first-order valence-corrected chi connectivity index (χ1v) is 4.75. The Bertz CT molecular complexity index is 304. The average molecular weight is 205 g/mol. The lowest BCUT2D eigenvalue weighted by molar-refractivity contribution is -0.140. The summed E-state index contributed by atoms with van der Waals surface area (Å²) in [4.78, 5) is 0.222. The van der Waals surface area contributed by atoms with E-state index in [1.54, 1.807) is 12.3 Å². The highest BCUT2D eigenvalue weighted by atomic mass is 32.2. The molecule has 0 aliphatic carbocycles. The van der Waals surface area contributed by atoms with Crippen molar-refractivity contribution in [2.24, 2.45) is 0 Å². The lowest BCUT2D eigenvalue weighted by Gasteiger charge is -2.13. The average Bonchev–Trinajstić information content (AvgIpc) is 2.01. The van der Waals surface area contributed by atoms with Crippen LogP contribution in [0.5, 0.6) is 0 Å². The van der Waals surface area contributed by atoms with Crippen LogP contribution < -0.4 is 0 Å². The Balaban J connectivity index is 3.32. The van der Waals surface area contributed by atoms with Crippen molar-refractivity contribution in [1.82, 2.24) is 0 Å². The van der Waals surface area contributed by atoms with Gasteiger partial charge in [0.25, 0.3) is 0 Å². The van der Waals surface area contributed by atoms with Gasteiger partial charge in [-0.05, 0) is 24.8 Å². The summed E-state index contributed by atoms with van der Waals surface area (Å²) >= 11 is 1.08. The van der Waals surface area contributed by atoms with Crippen molar-refractivity contribution >= 4 is 11.8 Å². The second-order valence-electron chi connectivity index (χ2n) is 2.49. The topological polar surface area (TPSA) is 0 Å². The van der Waals surface area contributed by atoms with E-state index < -0.39 is 11.7 Å². The van der Waals surface area contributed by atoms with E-state index in [1.165, 1.54) is 12.1 Å². The third-order valence-electron chi connectivity index (χ3n) is 1.62. The van der Waals surface area contributed by atoms with Crippen LogP contribution in [0.15, 0.2) is 23.1 Å². The van der Waals surface area contributed by atoms with Crippen LogP contribution in [0.1, 0.15) is 11.1 Å². The monoisotopic (exact) mass is 205 g/mol. The van der Waals surface area contributed by atoms with Gasteiger partial charge in [0.1, 0.15) is 0 Å². The molecule has 0 unspecified atom stereocenters. The molecular formula is C9H8F3S. The minimum absolute atomic E-state index is 0.0272. The lowest BCUT2D eigenvalue weighted by Crippen LogP contribution is -2.08. The first-order chi connectivity index (χ1) is 5.96. The van der Waals surface area contributed by atoms with Gasteiger partial charge in [0, 0.05) is 4.90 Å². The third kappa shape index (κ3) is 2.18. The summed E-state index contributed by atoms with van der Waals surface area (Å²) in [7, 11) is 0. The van der Waals surface area contributed by atoms with Gasteiger partial charge in [-0.1, -0.05) is 12.1 Å². The lowest BCUT2D eigenvalue weighted by atomic mass is 10.1. The molecule has 4 heteroatoms. The highest BCUT2D eigenvalue weighted by molar-refractivity contribution is 7.98. The Labute approximate surface area is 79.1 Å². The normalized spacial score (nSPS) is 11.8. The summed E-state index contributed by atoms with van der Waals surface area (Å²) in [5.41, 5.74) is -0.596. The molecule has 0 atom stereocenters. The second kappa shape index (κ2) is 3.62. The molecule has 13 heavy (non-hydrogen) atoms. The first kappa shape index (κ1) is 10.4. The molecule has 0 saturated heterocycles. The molecule has 0 N–H and O–H groups in total. The smallest absolute Gasteiger partial charge is 0.166 e. The number of hydrogen-bond acceptors (Lipinski definition) is 1. The minimum Gasteiger partial charge on any atom is -0.166 e. The summed E-state index contributed by atoms with van der Waals surface area (Å²) in [5.74, 6) is 0. The Morgan fingerprint density at radius 3 is 2.31 bits per heavy atom.